The van der Waals surface area contributed by atoms with Gasteiger partial charge in [0.2, 0.25) is 0 Å². The van der Waals surface area contributed by atoms with Crippen LogP contribution in [0, 0.1) is 0 Å². The Bertz CT molecular complexity index is 725. The number of pyridine rings is 1. The van der Waals surface area contributed by atoms with E-state index in [0.29, 0.717) is 5.82 Å². The molecule has 0 unspecified atom stereocenters. The maximum absolute atomic E-state index is 4.52. The van der Waals surface area contributed by atoms with E-state index in [0.717, 1.165) is 32.6 Å². The highest BCUT2D eigenvalue weighted by atomic mass is 79.9. The predicted octanol–water partition coefficient (Wildman–Crippen LogP) is 3.95. The van der Waals surface area contributed by atoms with Gasteiger partial charge in [0.05, 0.1) is 14.7 Å². The van der Waals surface area contributed by atoms with Crippen molar-refractivity contribution < 1.29 is 0 Å². The van der Waals surface area contributed by atoms with E-state index in [1.54, 1.807) is 17.5 Å². The van der Waals surface area contributed by atoms with Crippen LogP contribution in [0.25, 0.3) is 21.6 Å². The molecule has 1 N–H and O–H groups in total. The second kappa shape index (κ2) is 5.22. The Hall–Kier alpha value is -1.53. The van der Waals surface area contributed by atoms with Gasteiger partial charge in [-0.2, -0.15) is 0 Å². The molecule has 6 heteroatoms. The van der Waals surface area contributed by atoms with Crippen molar-refractivity contribution in [3.63, 3.8) is 0 Å². The molecule has 0 amide bonds. The monoisotopic (exact) mass is 334 g/mol. The van der Waals surface area contributed by atoms with Crippen molar-refractivity contribution in [2.45, 2.75) is 6.92 Å². The van der Waals surface area contributed by atoms with Crippen LogP contribution in [0.5, 0.6) is 0 Å². The first-order chi connectivity index (χ1) is 9.28. The van der Waals surface area contributed by atoms with Crippen LogP contribution in [-0.4, -0.2) is 21.5 Å². The molecule has 0 atom stereocenters. The number of halogens is 1. The van der Waals surface area contributed by atoms with Crippen molar-refractivity contribution >= 4 is 43.3 Å². The largest absolute Gasteiger partial charge is 0.369 e. The lowest BCUT2D eigenvalue weighted by atomic mass is 10.2. The van der Waals surface area contributed by atoms with Crippen LogP contribution >= 0.6 is 27.3 Å². The molecule has 3 rings (SSSR count). The Morgan fingerprint density at radius 1 is 1.32 bits per heavy atom. The molecule has 3 aromatic heterocycles. The van der Waals surface area contributed by atoms with Crippen LogP contribution in [0.2, 0.25) is 0 Å². The molecule has 0 saturated heterocycles. The number of thiophene rings is 1. The fourth-order valence-corrected chi connectivity index (χ4v) is 2.88. The van der Waals surface area contributed by atoms with Crippen molar-refractivity contribution in [3.8, 4) is 11.4 Å². The van der Waals surface area contributed by atoms with Crippen LogP contribution in [0.1, 0.15) is 6.92 Å². The Kier molecular flexibility index (Phi) is 3.44. The number of hydrogen-bond donors (Lipinski definition) is 1. The number of rotatable bonds is 3. The molecule has 0 aromatic carbocycles. The standard InChI is InChI=1S/C13H11BrN4S/c1-2-15-13-9(14)7-17-12(18-13)8-5-11-10(16-6-8)3-4-19-11/h3-7H,2H2,1H3,(H,15,17,18). The predicted molar refractivity (Wildman–Crippen MR) is 82.5 cm³/mol. The van der Waals surface area contributed by atoms with Gasteiger partial charge in [0.15, 0.2) is 5.82 Å². The zero-order chi connectivity index (χ0) is 13.2. The summed E-state index contributed by atoms with van der Waals surface area (Å²) < 4.78 is 2.01. The third kappa shape index (κ3) is 2.46. The third-order valence-electron chi connectivity index (χ3n) is 2.65. The smallest absolute Gasteiger partial charge is 0.163 e. The van der Waals surface area contributed by atoms with E-state index < -0.39 is 0 Å². The first kappa shape index (κ1) is 12.5. The van der Waals surface area contributed by atoms with Gasteiger partial charge in [0.1, 0.15) is 5.82 Å². The van der Waals surface area contributed by atoms with Crippen molar-refractivity contribution in [3.05, 3.63) is 34.4 Å². The summed E-state index contributed by atoms with van der Waals surface area (Å²) in [5.41, 5.74) is 1.94. The SMILES string of the molecule is CCNc1nc(-c2cnc3ccsc3c2)ncc1Br. The topological polar surface area (TPSA) is 50.7 Å². The van der Waals surface area contributed by atoms with Gasteiger partial charge >= 0.3 is 0 Å². The van der Waals surface area contributed by atoms with E-state index in [1.807, 2.05) is 24.6 Å². The summed E-state index contributed by atoms with van der Waals surface area (Å²) in [6.45, 7) is 2.85. The normalized spacial score (nSPS) is 10.8. The molecule has 96 valence electrons. The zero-order valence-corrected chi connectivity index (χ0v) is 12.6. The lowest BCUT2D eigenvalue weighted by Gasteiger charge is -2.07. The van der Waals surface area contributed by atoms with Gasteiger partial charge in [-0.1, -0.05) is 0 Å². The first-order valence-electron chi connectivity index (χ1n) is 5.88. The fourth-order valence-electron chi connectivity index (χ4n) is 1.77. The second-order valence-corrected chi connectivity index (χ2v) is 5.75. The van der Waals surface area contributed by atoms with Gasteiger partial charge in [-0.15, -0.1) is 11.3 Å². The van der Waals surface area contributed by atoms with E-state index in [-0.39, 0.29) is 0 Å². The van der Waals surface area contributed by atoms with Gasteiger partial charge in [0.25, 0.3) is 0 Å². The summed E-state index contributed by atoms with van der Waals surface area (Å²) in [6.07, 6.45) is 3.58. The van der Waals surface area contributed by atoms with Crippen molar-refractivity contribution in [2.75, 3.05) is 11.9 Å². The minimum atomic E-state index is 0.682. The van der Waals surface area contributed by atoms with Crippen LogP contribution in [0.15, 0.2) is 34.4 Å². The molecule has 0 saturated carbocycles. The molecule has 4 nitrogen and oxygen atoms in total. The summed E-state index contributed by atoms with van der Waals surface area (Å²) in [5.74, 6) is 1.49. The molecule has 0 aliphatic carbocycles. The summed E-state index contributed by atoms with van der Waals surface area (Å²) in [5, 5.41) is 5.24. The van der Waals surface area contributed by atoms with Crippen molar-refractivity contribution in [2.24, 2.45) is 0 Å². The van der Waals surface area contributed by atoms with Crippen LogP contribution in [0.3, 0.4) is 0 Å². The summed E-state index contributed by atoms with van der Waals surface area (Å²) in [6, 6.07) is 4.09. The highest BCUT2D eigenvalue weighted by Crippen LogP contribution is 2.26. The van der Waals surface area contributed by atoms with Crippen molar-refractivity contribution in [1.29, 1.82) is 0 Å². The average Bonchev–Trinajstić information content (AvgIpc) is 2.89. The number of nitrogens with zero attached hydrogens (tertiary/aromatic N) is 3. The minimum Gasteiger partial charge on any atom is -0.369 e. The number of hydrogen-bond acceptors (Lipinski definition) is 5. The zero-order valence-electron chi connectivity index (χ0n) is 10.2. The third-order valence-corrected chi connectivity index (χ3v) is 4.08. The lowest BCUT2D eigenvalue weighted by Crippen LogP contribution is -2.02. The van der Waals surface area contributed by atoms with Crippen LogP contribution < -0.4 is 5.32 Å². The fraction of sp³-hybridized carbons (Fsp3) is 0.154. The molecular formula is C13H11BrN4S. The molecule has 0 aliphatic rings. The van der Waals surface area contributed by atoms with Gasteiger partial charge in [-0.3, -0.25) is 4.98 Å². The molecule has 0 fully saturated rings. The molecular weight excluding hydrogens is 324 g/mol. The quantitative estimate of drug-likeness (QED) is 0.787. The Balaban J connectivity index is 2.07. The minimum absolute atomic E-state index is 0.682. The van der Waals surface area contributed by atoms with E-state index in [2.05, 4.69) is 42.3 Å². The number of fused-ring (bicyclic) bond motifs is 1. The highest BCUT2D eigenvalue weighted by molar-refractivity contribution is 9.10. The summed E-state index contributed by atoms with van der Waals surface area (Å²) in [7, 11) is 0. The van der Waals surface area contributed by atoms with Gasteiger partial charge < -0.3 is 5.32 Å². The Morgan fingerprint density at radius 2 is 2.21 bits per heavy atom. The summed E-state index contributed by atoms with van der Waals surface area (Å²) >= 11 is 5.11. The number of nitrogens with one attached hydrogen (secondary N) is 1. The molecule has 0 bridgehead atoms. The number of anilines is 1. The van der Waals surface area contributed by atoms with Crippen LogP contribution in [-0.2, 0) is 0 Å². The van der Waals surface area contributed by atoms with Crippen LogP contribution in [0.4, 0.5) is 5.82 Å². The number of aromatic nitrogens is 3. The van der Waals surface area contributed by atoms with Crippen molar-refractivity contribution in [1.82, 2.24) is 15.0 Å². The van der Waals surface area contributed by atoms with E-state index in [4.69, 9.17) is 0 Å². The molecule has 19 heavy (non-hydrogen) atoms. The average molecular weight is 335 g/mol. The summed E-state index contributed by atoms with van der Waals surface area (Å²) in [4.78, 5) is 13.3. The van der Waals surface area contributed by atoms with E-state index >= 15 is 0 Å². The lowest BCUT2D eigenvalue weighted by molar-refractivity contribution is 1.10. The van der Waals surface area contributed by atoms with E-state index in [1.165, 1.54) is 0 Å². The van der Waals surface area contributed by atoms with Gasteiger partial charge in [-0.05, 0) is 40.4 Å². The van der Waals surface area contributed by atoms with E-state index in [9.17, 15) is 0 Å². The molecule has 0 aliphatic heterocycles. The molecule has 0 radical (unpaired) electrons. The van der Waals surface area contributed by atoms with Gasteiger partial charge in [0, 0.05) is 24.5 Å². The maximum Gasteiger partial charge on any atom is 0.163 e. The highest BCUT2D eigenvalue weighted by Gasteiger charge is 2.08. The van der Waals surface area contributed by atoms with Gasteiger partial charge in [-0.25, -0.2) is 9.97 Å². The maximum atomic E-state index is 4.52. The molecule has 3 heterocycles. The Morgan fingerprint density at radius 3 is 3.05 bits per heavy atom. The first-order valence-corrected chi connectivity index (χ1v) is 7.55. The molecule has 0 spiro atoms. The molecule has 3 aromatic rings. The second-order valence-electron chi connectivity index (χ2n) is 3.95. The Labute approximate surface area is 123 Å².